The van der Waals surface area contributed by atoms with Gasteiger partial charge in [-0.3, -0.25) is 14.2 Å². The quantitative estimate of drug-likeness (QED) is 0.927. The normalized spacial score (nSPS) is 16.6. The van der Waals surface area contributed by atoms with Crippen LogP contribution in [0.4, 0.5) is 0 Å². The molecule has 0 radical (unpaired) electrons. The first kappa shape index (κ1) is 17.5. The van der Waals surface area contributed by atoms with Gasteiger partial charge in [0, 0.05) is 17.5 Å². The van der Waals surface area contributed by atoms with Gasteiger partial charge in [0.25, 0.3) is 5.56 Å². The summed E-state index contributed by atoms with van der Waals surface area (Å²) in [6.07, 6.45) is 5.58. The van der Waals surface area contributed by atoms with Crippen LogP contribution in [-0.4, -0.2) is 23.6 Å². The van der Waals surface area contributed by atoms with Gasteiger partial charge in [0.2, 0.25) is 5.91 Å². The van der Waals surface area contributed by atoms with E-state index in [9.17, 15) is 9.59 Å². The van der Waals surface area contributed by atoms with Crippen molar-refractivity contribution in [2.24, 2.45) is 0 Å². The lowest BCUT2D eigenvalue weighted by Gasteiger charge is -2.26. The fourth-order valence-electron chi connectivity index (χ4n) is 3.77. The van der Waals surface area contributed by atoms with Crippen molar-refractivity contribution in [3.05, 3.63) is 40.2 Å². The zero-order valence-corrected chi connectivity index (χ0v) is 15.2. The lowest BCUT2D eigenvalue weighted by molar-refractivity contribution is -0.124. The Morgan fingerprint density at radius 2 is 2.00 bits per heavy atom. The van der Waals surface area contributed by atoms with Gasteiger partial charge < -0.3 is 10.1 Å². The number of amides is 1. The van der Waals surface area contributed by atoms with Gasteiger partial charge in [0.05, 0.1) is 12.6 Å². The Kier molecular flexibility index (Phi) is 5.11. The van der Waals surface area contributed by atoms with E-state index in [1.807, 2.05) is 25.1 Å². The fraction of sp³-hybridized carbons (Fsp3) is 0.500. The largest absolute Gasteiger partial charge is 0.495 e. The first-order valence-electron chi connectivity index (χ1n) is 9.02. The fourth-order valence-corrected chi connectivity index (χ4v) is 3.77. The van der Waals surface area contributed by atoms with Gasteiger partial charge in [-0.1, -0.05) is 31.4 Å². The number of fused-ring (bicyclic) bond motifs is 1. The number of rotatable bonds is 4. The average molecular weight is 342 g/mol. The van der Waals surface area contributed by atoms with Gasteiger partial charge in [-0.05, 0) is 38.3 Å². The number of hydrogen-bond donors (Lipinski definition) is 1. The Hall–Kier alpha value is -2.30. The minimum Gasteiger partial charge on any atom is -0.495 e. The second kappa shape index (κ2) is 7.30. The van der Waals surface area contributed by atoms with E-state index in [0.717, 1.165) is 36.6 Å². The van der Waals surface area contributed by atoms with E-state index in [0.29, 0.717) is 11.3 Å². The Bertz CT molecular complexity index is 835. The third-order valence-electron chi connectivity index (χ3n) is 5.18. The molecule has 1 aliphatic carbocycles. The van der Waals surface area contributed by atoms with Crippen LogP contribution < -0.4 is 15.6 Å². The number of nitrogens with zero attached hydrogens (tertiary/aromatic N) is 1. The zero-order chi connectivity index (χ0) is 18.0. The molecule has 25 heavy (non-hydrogen) atoms. The first-order valence-corrected chi connectivity index (χ1v) is 9.02. The molecule has 1 atom stereocenters. The maximum Gasteiger partial charge on any atom is 0.252 e. The summed E-state index contributed by atoms with van der Waals surface area (Å²) in [5, 5.41) is 4.05. The molecule has 0 spiro atoms. The predicted octanol–water partition coefficient (Wildman–Crippen LogP) is 3.33. The number of nitrogens with one attached hydrogen (secondary N) is 1. The van der Waals surface area contributed by atoms with E-state index < -0.39 is 6.04 Å². The van der Waals surface area contributed by atoms with Gasteiger partial charge in [0.15, 0.2) is 0 Å². The average Bonchev–Trinajstić information content (AvgIpc) is 2.62. The topological polar surface area (TPSA) is 60.3 Å². The molecule has 1 heterocycles. The second-order valence-electron chi connectivity index (χ2n) is 6.91. The van der Waals surface area contributed by atoms with Crippen molar-refractivity contribution < 1.29 is 9.53 Å². The lowest BCUT2D eigenvalue weighted by Crippen LogP contribution is -2.42. The highest BCUT2D eigenvalue weighted by atomic mass is 16.5. The molecule has 5 nitrogen and oxygen atoms in total. The van der Waals surface area contributed by atoms with Crippen LogP contribution in [0.3, 0.4) is 0 Å². The van der Waals surface area contributed by atoms with Crippen LogP contribution in [0, 0.1) is 6.92 Å². The third-order valence-corrected chi connectivity index (χ3v) is 5.18. The monoisotopic (exact) mass is 342 g/mol. The van der Waals surface area contributed by atoms with Crippen LogP contribution in [-0.2, 0) is 4.79 Å². The summed E-state index contributed by atoms with van der Waals surface area (Å²) in [7, 11) is 1.58. The highest BCUT2D eigenvalue weighted by molar-refractivity contribution is 5.90. The summed E-state index contributed by atoms with van der Waals surface area (Å²) in [4.78, 5) is 25.5. The third kappa shape index (κ3) is 3.41. The van der Waals surface area contributed by atoms with Crippen molar-refractivity contribution in [2.45, 2.75) is 58.0 Å². The molecule has 0 bridgehead atoms. The maximum absolute atomic E-state index is 12.8. The molecule has 134 valence electrons. The number of aromatic nitrogens is 1. The molecule has 2 aromatic rings. The molecule has 1 aliphatic rings. The van der Waals surface area contributed by atoms with Crippen LogP contribution in [0.5, 0.6) is 5.75 Å². The predicted molar refractivity (Wildman–Crippen MR) is 99.2 cm³/mol. The molecular formula is C20H26N2O3. The van der Waals surface area contributed by atoms with Crippen LogP contribution >= 0.6 is 0 Å². The van der Waals surface area contributed by atoms with Gasteiger partial charge >= 0.3 is 0 Å². The van der Waals surface area contributed by atoms with Crippen molar-refractivity contribution >= 4 is 16.8 Å². The number of methoxy groups -OCH3 is 1. The lowest BCUT2D eigenvalue weighted by atomic mass is 9.95. The van der Waals surface area contributed by atoms with Gasteiger partial charge in [-0.2, -0.15) is 0 Å². The minimum absolute atomic E-state index is 0.106. The van der Waals surface area contributed by atoms with Crippen molar-refractivity contribution in [3.8, 4) is 5.75 Å². The Morgan fingerprint density at radius 1 is 1.28 bits per heavy atom. The number of pyridine rings is 1. The van der Waals surface area contributed by atoms with Crippen molar-refractivity contribution in [2.75, 3.05) is 7.11 Å². The van der Waals surface area contributed by atoms with Crippen LogP contribution in [0.2, 0.25) is 0 Å². The summed E-state index contributed by atoms with van der Waals surface area (Å²) in [6, 6.07) is 6.90. The van der Waals surface area contributed by atoms with E-state index in [2.05, 4.69) is 5.32 Å². The van der Waals surface area contributed by atoms with Crippen molar-refractivity contribution in [1.29, 1.82) is 0 Å². The van der Waals surface area contributed by atoms with Gasteiger partial charge in [0.1, 0.15) is 11.8 Å². The highest BCUT2D eigenvalue weighted by Gasteiger charge is 2.24. The minimum atomic E-state index is -0.589. The van der Waals surface area contributed by atoms with Gasteiger partial charge in [-0.15, -0.1) is 0 Å². The van der Waals surface area contributed by atoms with Crippen LogP contribution in [0.25, 0.3) is 10.9 Å². The molecule has 3 rings (SSSR count). The molecule has 1 unspecified atom stereocenters. The SMILES string of the molecule is COc1cccc2c(C)cc(=O)n(C(C)C(=O)NC3CCCCC3)c12. The molecule has 1 N–H and O–H groups in total. The Labute approximate surface area is 148 Å². The number of carbonyl (C=O) groups is 1. The van der Waals surface area contributed by atoms with E-state index in [4.69, 9.17) is 4.74 Å². The molecule has 1 aromatic carbocycles. The van der Waals surface area contributed by atoms with Crippen LogP contribution in [0.15, 0.2) is 29.1 Å². The standard InChI is InChI=1S/C20H26N2O3/c1-13-12-18(23)22(19-16(13)10-7-11-17(19)25-3)14(2)20(24)21-15-8-5-4-6-9-15/h7,10-12,14-15H,4-6,8-9H2,1-3H3,(H,21,24). The van der Waals surface area contributed by atoms with Crippen molar-refractivity contribution in [1.82, 2.24) is 9.88 Å². The van der Waals surface area contributed by atoms with Gasteiger partial charge in [-0.25, -0.2) is 0 Å². The van der Waals surface area contributed by atoms with E-state index in [-0.39, 0.29) is 17.5 Å². The highest BCUT2D eigenvalue weighted by Crippen LogP contribution is 2.28. The van der Waals surface area contributed by atoms with Crippen LogP contribution in [0.1, 0.15) is 50.6 Å². The number of aryl methyl sites for hydroxylation is 1. The first-order chi connectivity index (χ1) is 12.0. The van der Waals surface area contributed by atoms with Crippen molar-refractivity contribution in [3.63, 3.8) is 0 Å². The molecule has 0 saturated heterocycles. The summed E-state index contributed by atoms with van der Waals surface area (Å²) in [5.41, 5.74) is 1.39. The Balaban J connectivity index is 2.01. The molecule has 0 aliphatic heterocycles. The summed E-state index contributed by atoms with van der Waals surface area (Å²) < 4.78 is 7.02. The number of carbonyl (C=O) groups excluding carboxylic acids is 1. The number of benzene rings is 1. The smallest absolute Gasteiger partial charge is 0.252 e. The molecule has 1 fully saturated rings. The summed E-state index contributed by atoms with van der Waals surface area (Å²) in [5.74, 6) is 0.501. The number of ether oxygens (including phenoxy) is 1. The second-order valence-corrected chi connectivity index (χ2v) is 6.91. The summed E-state index contributed by atoms with van der Waals surface area (Å²) >= 11 is 0. The van der Waals surface area contributed by atoms with E-state index >= 15 is 0 Å². The Morgan fingerprint density at radius 3 is 2.68 bits per heavy atom. The number of hydrogen-bond acceptors (Lipinski definition) is 3. The summed E-state index contributed by atoms with van der Waals surface area (Å²) in [6.45, 7) is 3.68. The van der Waals surface area contributed by atoms with E-state index in [1.165, 1.54) is 6.42 Å². The van der Waals surface area contributed by atoms with E-state index in [1.54, 1.807) is 24.7 Å². The zero-order valence-electron chi connectivity index (χ0n) is 15.2. The molecule has 1 saturated carbocycles. The number of para-hydroxylation sites is 1. The molecular weight excluding hydrogens is 316 g/mol. The molecule has 5 heteroatoms. The maximum atomic E-state index is 12.8. The molecule has 1 aromatic heterocycles. The molecule has 1 amide bonds.